The van der Waals surface area contributed by atoms with E-state index in [0.29, 0.717) is 18.0 Å². The Labute approximate surface area is 139 Å². The van der Waals surface area contributed by atoms with Crippen molar-refractivity contribution >= 4 is 5.96 Å². The Morgan fingerprint density at radius 2 is 2.04 bits per heavy atom. The van der Waals surface area contributed by atoms with Crippen LogP contribution >= 0.6 is 0 Å². The number of ether oxygens (including phenoxy) is 1. The van der Waals surface area contributed by atoms with Crippen LogP contribution in [-0.4, -0.2) is 31.3 Å². The highest BCUT2D eigenvalue weighted by Gasteiger charge is 2.27. The van der Waals surface area contributed by atoms with Gasteiger partial charge in [-0.2, -0.15) is 0 Å². The van der Waals surface area contributed by atoms with Gasteiger partial charge >= 0.3 is 0 Å². The molecule has 1 saturated carbocycles. The molecule has 1 aliphatic carbocycles. The second kappa shape index (κ2) is 7.57. The lowest BCUT2D eigenvalue weighted by molar-refractivity contribution is 0.216. The van der Waals surface area contributed by atoms with Gasteiger partial charge < -0.3 is 20.5 Å². The summed E-state index contributed by atoms with van der Waals surface area (Å²) in [7, 11) is 3.39. The SMILES string of the molecule is CN=C(NCc1cc(OC)ccc1O)NC1CCC(C)(C)CC1. The average Bonchev–Trinajstić information content (AvgIpc) is 2.54. The van der Waals surface area contributed by atoms with Crippen LogP contribution in [0.2, 0.25) is 0 Å². The average molecular weight is 319 g/mol. The third-order valence-corrected chi connectivity index (χ3v) is 4.64. The molecule has 1 aromatic rings. The van der Waals surface area contributed by atoms with E-state index < -0.39 is 0 Å². The van der Waals surface area contributed by atoms with Crippen LogP contribution in [-0.2, 0) is 6.54 Å². The molecular formula is C18H29N3O2. The largest absolute Gasteiger partial charge is 0.508 e. The minimum absolute atomic E-state index is 0.258. The summed E-state index contributed by atoms with van der Waals surface area (Å²) in [4.78, 5) is 4.29. The van der Waals surface area contributed by atoms with E-state index in [2.05, 4.69) is 29.5 Å². The van der Waals surface area contributed by atoms with Gasteiger partial charge in [-0.25, -0.2) is 0 Å². The first-order chi connectivity index (χ1) is 10.9. The molecule has 128 valence electrons. The fourth-order valence-electron chi connectivity index (χ4n) is 2.94. The van der Waals surface area contributed by atoms with E-state index >= 15 is 0 Å². The Morgan fingerprint density at radius 3 is 2.65 bits per heavy atom. The molecule has 2 rings (SSSR count). The number of rotatable bonds is 4. The van der Waals surface area contributed by atoms with E-state index in [0.717, 1.165) is 30.1 Å². The molecule has 1 aromatic carbocycles. The molecule has 0 aromatic heterocycles. The zero-order chi connectivity index (χ0) is 16.9. The van der Waals surface area contributed by atoms with Gasteiger partial charge in [-0.05, 0) is 49.3 Å². The maximum atomic E-state index is 9.94. The Morgan fingerprint density at radius 1 is 1.35 bits per heavy atom. The Hall–Kier alpha value is -1.91. The third kappa shape index (κ3) is 5.05. The van der Waals surface area contributed by atoms with Crippen LogP contribution in [0.25, 0.3) is 0 Å². The zero-order valence-corrected chi connectivity index (χ0v) is 14.6. The number of guanidine groups is 1. The summed E-state index contributed by atoms with van der Waals surface area (Å²) in [5.74, 6) is 1.77. The smallest absolute Gasteiger partial charge is 0.191 e. The molecular weight excluding hydrogens is 290 g/mol. The van der Waals surface area contributed by atoms with Crippen molar-refractivity contribution in [1.82, 2.24) is 10.6 Å². The predicted octanol–water partition coefficient (Wildman–Crippen LogP) is 3.03. The molecule has 5 heteroatoms. The van der Waals surface area contributed by atoms with Crippen LogP contribution in [0.4, 0.5) is 0 Å². The third-order valence-electron chi connectivity index (χ3n) is 4.64. The number of aliphatic imine (C=N–C) groups is 1. The quantitative estimate of drug-likeness (QED) is 0.589. The molecule has 0 bridgehead atoms. The van der Waals surface area contributed by atoms with Crippen LogP contribution < -0.4 is 15.4 Å². The number of phenolic OH excluding ortho intramolecular Hbond substituents is 1. The monoisotopic (exact) mass is 319 g/mol. The van der Waals surface area contributed by atoms with E-state index in [1.807, 2.05) is 6.07 Å². The van der Waals surface area contributed by atoms with Crippen molar-refractivity contribution < 1.29 is 9.84 Å². The van der Waals surface area contributed by atoms with Gasteiger partial charge in [-0.15, -0.1) is 0 Å². The molecule has 1 aliphatic rings. The molecule has 0 unspecified atom stereocenters. The number of nitrogens with zero attached hydrogens (tertiary/aromatic N) is 1. The fraction of sp³-hybridized carbons (Fsp3) is 0.611. The maximum Gasteiger partial charge on any atom is 0.191 e. The molecule has 23 heavy (non-hydrogen) atoms. The second-order valence-electron chi connectivity index (χ2n) is 7.00. The van der Waals surface area contributed by atoms with E-state index in [1.54, 1.807) is 26.3 Å². The highest BCUT2D eigenvalue weighted by atomic mass is 16.5. The van der Waals surface area contributed by atoms with Crippen molar-refractivity contribution in [2.24, 2.45) is 10.4 Å². The number of nitrogens with one attached hydrogen (secondary N) is 2. The molecule has 5 nitrogen and oxygen atoms in total. The number of aromatic hydroxyl groups is 1. The molecule has 0 heterocycles. The van der Waals surface area contributed by atoms with Crippen molar-refractivity contribution in [1.29, 1.82) is 0 Å². The van der Waals surface area contributed by atoms with E-state index in [4.69, 9.17) is 4.74 Å². The summed E-state index contributed by atoms with van der Waals surface area (Å²) in [5.41, 5.74) is 1.25. The van der Waals surface area contributed by atoms with Crippen LogP contribution in [0.5, 0.6) is 11.5 Å². The van der Waals surface area contributed by atoms with Gasteiger partial charge in [0, 0.05) is 25.2 Å². The normalized spacial score (nSPS) is 18.5. The number of hydrogen-bond donors (Lipinski definition) is 3. The van der Waals surface area contributed by atoms with Crippen LogP contribution in [0, 0.1) is 5.41 Å². The molecule has 3 N–H and O–H groups in total. The first-order valence-corrected chi connectivity index (χ1v) is 8.26. The molecule has 0 spiro atoms. The van der Waals surface area contributed by atoms with Gasteiger partial charge in [0.2, 0.25) is 0 Å². The lowest BCUT2D eigenvalue weighted by Crippen LogP contribution is -2.45. The Kier molecular flexibility index (Phi) is 5.74. The van der Waals surface area contributed by atoms with Crippen LogP contribution in [0.15, 0.2) is 23.2 Å². The predicted molar refractivity (Wildman–Crippen MR) is 94.0 cm³/mol. The van der Waals surface area contributed by atoms with Crippen molar-refractivity contribution in [2.75, 3.05) is 14.2 Å². The molecule has 1 fully saturated rings. The molecule has 0 aliphatic heterocycles. The van der Waals surface area contributed by atoms with Crippen molar-refractivity contribution in [3.8, 4) is 11.5 Å². The minimum atomic E-state index is 0.258. The summed E-state index contributed by atoms with van der Waals surface area (Å²) >= 11 is 0. The van der Waals surface area contributed by atoms with Gasteiger partial charge in [0.25, 0.3) is 0 Å². The summed E-state index contributed by atoms with van der Waals surface area (Å²) in [5, 5.41) is 16.7. The summed E-state index contributed by atoms with van der Waals surface area (Å²) in [6.45, 7) is 5.17. The summed E-state index contributed by atoms with van der Waals surface area (Å²) in [6, 6.07) is 5.69. The molecule has 0 atom stereocenters. The highest BCUT2D eigenvalue weighted by Crippen LogP contribution is 2.34. The maximum absolute atomic E-state index is 9.94. The number of phenols is 1. The zero-order valence-electron chi connectivity index (χ0n) is 14.6. The van der Waals surface area contributed by atoms with Crippen molar-refractivity contribution in [3.05, 3.63) is 23.8 Å². The van der Waals surface area contributed by atoms with Gasteiger partial charge in [-0.3, -0.25) is 4.99 Å². The van der Waals surface area contributed by atoms with Gasteiger partial charge in [0.05, 0.1) is 7.11 Å². The summed E-state index contributed by atoms with van der Waals surface area (Å²) in [6.07, 6.45) is 4.80. The van der Waals surface area contributed by atoms with Crippen LogP contribution in [0.3, 0.4) is 0 Å². The van der Waals surface area contributed by atoms with Gasteiger partial charge in [-0.1, -0.05) is 13.8 Å². The molecule has 0 amide bonds. The number of hydrogen-bond acceptors (Lipinski definition) is 3. The van der Waals surface area contributed by atoms with Gasteiger partial charge in [0.1, 0.15) is 11.5 Å². The second-order valence-corrected chi connectivity index (χ2v) is 7.00. The lowest BCUT2D eigenvalue weighted by Gasteiger charge is -2.35. The number of benzene rings is 1. The van der Waals surface area contributed by atoms with E-state index in [9.17, 15) is 5.11 Å². The van der Waals surface area contributed by atoms with Crippen LogP contribution in [0.1, 0.15) is 45.1 Å². The molecule has 0 saturated heterocycles. The topological polar surface area (TPSA) is 65.9 Å². The Bertz CT molecular complexity index is 545. The number of methoxy groups -OCH3 is 1. The van der Waals surface area contributed by atoms with E-state index in [1.165, 1.54) is 12.8 Å². The standard InChI is InChI=1S/C18H29N3O2/c1-18(2)9-7-14(8-10-18)21-17(19-3)20-12-13-11-15(23-4)5-6-16(13)22/h5-6,11,14,22H,7-10,12H2,1-4H3,(H2,19,20,21). The Balaban J connectivity index is 1.88. The minimum Gasteiger partial charge on any atom is -0.508 e. The highest BCUT2D eigenvalue weighted by molar-refractivity contribution is 5.80. The van der Waals surface area contributed by atoms with Crippen molar-refractivity contribution in [3.63, 3.8) is 0 Å². The lowest BCUT2D eigenvalue weighted by atomic mass is 9.75. The fourth-order valence-corrected chi connectivity index (χ4v) is 2.94. The van der Waals surface area contributed by atoms with Gasteiger partial charge in [0.15, 0.2) is 5.96 Å². The van der Waals surface area contributed by atoms with E-state index in [-0.39, 0.29) is 5.75 Å². The first-order valence-electron chi connectivity index (χ1n) is 8.26. The summed E-state index contributed by atoms with van der Waals surface area (Å²) < 4.78 is 5.20. The van der Waals surface area contributed by atoms with Crippen molar-refractivity contribution in [2.45, 2.75) is 52.1 Å². The molecule has 0 radical (unpaired) electrons. The first kappa shape index (κ1) is 17.4.